The van der Waals surface area contributed by atoms with E-state index in [0.29, 0.717) is 12.2 Å². The zero-order chi connectivity index (χ0) is 46.1. The molecule has 7 atom stereocenters. The van der Waals surface area contributed by atoms with E-state index in [1.54, 1.807) is 0 Å². The number of amides is 2. The van der Waals surface area contributed by atoms with Gasteiger partial charge in [-0.1, -0.05) is 90.3 Å². The van der Waals surface area contributed by atoms with E-state index >= 15 is 0 Å². The second-order valence-electron chi connectivity index (χ2n) is 15.2. The Kier molecular flexibility index (Phi) is 22.0. The molecule has 1 aliphatic heterocycles. The molecule has 2 amide bonds. The summed E-state index contributed by atoms with van der Waals surface area (Å²) in [6.07, 6.45) is 5.38. The van der Waals surface area contributed by atoms with Crippen molar-refractivity contribution in [1.29, 1.82) is 0 Å². The van der Waals surface area contributed by atoms with Crippen molar-refractivity contribution in [3.05, 3.63) is 12.7 Å². The Morgan fingerprint density at radius 3 is 2.19 bits per heavy atom. The first kappa shape index (κ1) is 53.9. The van der Waals surface area contributed by atoms with Crippen molar-refractivity contribution < 1.29 is 80.5 Å². The van der Waals surface area contributed by atoms with Gasteiger partial charge < -0.3 is 50.9 Å². The van der Waals surface area contributed by atoms with Gasteiger partial charge in [0.2, 0.25) is 11.8 Å². The van der Waals surface area contributed by atoms with Gasteiger partial charge in [0.1, 0.15) is 36.3 Å². The lowest BCUT2D eigenvalue weighted by molar-refractivity contribution is -0.137. The monoisotopic (exact) mass is 963 g/mol. The van der Waals surface area contributed by atoms with E-state index in [2.05, 4.69) is 41.3 Å². The summed E-state index contributed by atoms with van der Waals surface area (Å²) in [4.78, 5) is 88.1. The van der Waals surface area contributed by atoms with Crippen LogP contribution in [-0.2, 0) is 50.7 Å². The molecule has 0 aliphatic carbocycles. The number of aromatic nitrogens is 4. The molecule has 3 rings (SSSR count). The van der Waals surface area contributed by atoms with Crippen LogP contribution in [-0.4, -0.2) is 123 Å². The van der Waals surface area contributed by atoms with Crippen molar-refractivity contribution >= 4 is 69.1 Å². The number of aliphatic hydroxyl groups excluding tert-OH is 2. The van der Waals surface area contributed by atoms with E-state index in [9.17, 15) is 57.9 Å². The smallest absolute Gasteiger partial charge is 0.386 e. The van der Waals surface area contributed by atoms with Crippen molar-refractivity contribution in [2.45, 2.75) is 128 Å². The maximum atomic E-state index is 12.7. The van der Waals surface area contributed by atoms with Crippen LogP contribution in [0.15, 0.2) is 12.7 Å². The maximum absolute atomic E-state index is 12.7. The summed E-state index contributed by atoms with van der Waals surface area (Å²) in [7, 11) is -16.4. The highest BCUT2D eigenvalue weighted by Gasteiger charge is 2.50. The van der Waals surface area contributed by atoms with Crippen molar-refractivity contribution in [3.63, 3.8) is 0 Å². The summed E-state index contributed by atoms with van der Waals surface area (Å²) < 4.78 is 62.3. The van der Waals surface area contributed by atoms with E-state index < -0.39 is 84.6 Å². The lowest BCUT2D eigenvalue weighted by Gasteiger charge is -2.30. The van der Waals surface area contributed by atoms with Gasteiger partial charge in [0.25, 0.3) is 0 Å². The van der Waals surface area contributed by atoms with Crippen LogP contribution in [0.2, 0.25) is 0 Å². The number of nitrogens with zero attached hydrogens (tertiary/aromatic N) is 4. The Morgan fingerprint density at radius 2 is 1.55 bits per heavy atom. The normalized spacial score (nSPS) is 20.7. The van der Waals surface area contributed by atoms with Gasteiger partial charge in [-0.25, -0.2) is 28.6 Å². The third-order valence-electron chi connectivity index (χ3n) is 9.50. The summed E-state index contributed by atoms with van der Waals surface area (Å²) in [5.41, 5.74) is 4.28. The van der Waals surface area contributed by atoms with Gasteiger partial charge in [-0.15, -0.1) is 0 Å². The largest absolute Gasteiger partial charge is 0.481 e. The lowest BCUT2D eigenvalue weighted by Crippen LogP contribution is -2.46. The Morgan fingerprint density at radius 1 is 0.919 bits per heavy atom. The van der Waals surface area contributed by atoms with Gasteiger partial charge in [0.15, 0.2) is 22.8 Å². The summed E-state index contributed by atoms with van der Waals surface area (Å²) in [6.45, 7) is 2.78. The molecule has 3 heterocycles. The standard InChI is InChI=1S/C34H60N7O17P3S/c1-4-5-6-7-8-9-10-11-12-13-14-25(43)62-18-17-36-24(42)15-16-37-32(46)29(45)34(2,3)20-55-61(52,53)58-60(50,51)54-19-23-28(57-59(47,48)49)27(44)33(56-23)41-22-40-26-30(35)38-21-39-31(26)41/h21-23,27-29,33,44-45H,4-20H2,1-3H3,(H,36,42)(H,37,46)(H,50,51)(H,52,53)(H2,35,38,39)(H2,47,48,49)/t23-,27?,28+,29+,33-/m1/s1. The number of hydrogen-bond acceptors (Lipinski definition) is 18. The van der Waals surface area contributed by atoms with Crippen LogP contribution >= 0.6 is 35.2 Å². The van der Waals surface area contributed by atoms with Crippen molar-refractivity contribution in [1.82, 2.24) is 30.2 Å². The van der Waals surface area contributed by atoms with Crippen LogP contribution < -0.4 is 16.4 Å². The molecule has 0 radical (unpaired) electrons. The van der Waals surface area contributed by atoms with Gasteiger partial charge >= 0.3 is 23.5 Å². The summed E-state index contributed by atoms with van der Waals surface area (Å²) in [6, 6.07) is 0. The number of anilines is 1. The van der Waals surface area contributed by atoms with Gasteiger partial charge in [0.05, 0.1) is 19.5 Å². The van der Waals surface area contributed by atoms with E-state index in [1.807, 2.05) is 0 Å². The number of phosphoric acid groups is 3. The van der Waals surface area contributed by atoms with Crippen LogP contribution in [0.4, 0.5) is 5.82 Å². The van der Waals surface area contributed by atoms with Crippen LogP contribution in [0.1, 0.15) is 104 Å². The number of nitrogen functional groups attached to an aromatic ring is 1. The van der Waals surface area contributed by atoms with E-state index in [-0.39, 0.29) is 41.6 Å². The van der Waals surface area contributed by atoms with Crippen LogP contribution in [0, 0.1) is 5.41 Å². The van der Waals surface area contributed by atoms with Gasteiger partial charge in [-0.3, -0.25) is 32.5 Å². The molecule has 10 N–H and O–H groups in total. The number of imidazole rings is 1. The molecular weight excluding hydrogens is 903 g/mol. The maximum Gasteiger partial charge on any atom is 0.481 e. The quantitative estimate of drug-likeness (QED) is 0.0401. The Labute approximate surface area is 363 Å². The lowest BCUT2D eigenvalue weighted by atomic mass is 9.87. The zero-order valence-corrected chi connectivity index (χ0v) is 38.4. The van der Waals surface area contributed by atoms with Crippen LogP contribution in [0.3, 0.4) is 0 Å². The summed E-state index contributed by atoms with van der Waals surface area (Å²) in [5, 5.41) is 26.6. The molecule has 24 nitrogen and oxygen atoms in total. The van der Waals surface area contributed by atoms with Gasteiger partial charge in [0, 0.05) is 37.1 Å². The Balaban J connectivity index is 1.37. The number of aliphatic hydroxyl groups is 2. The molecule has 3 unspecified atom stereocenters. The number of nitrogens with one attached hydrogen (secondary N) is 2. The average Bonchev–Trinajstić information content (AvgIpc) is 3.75. The predicted molar refractivity (Wildman–Crippen MR) is 224 cm³/mol. The molecule has 2 aromatic rings. The fourth-order valence-electron chi connectivity index (χ4n) is 6.12. The van der Waals surface area contributed by atoms with Crippen molar-refractivity contribution in [2.75, 3.05) is 37.8 Å². The number of nitrogens with two attached hydrogens (primary N) is 1. The molecule has 2 aromatic heterocycles. The molecular formula is C34H60N7O17P3S. The van der Waals surface area contributed by atoms with Crippen molar-refractivity contribution in [3.8, 4) is 0 Å². The number of carbonyl (C=O) groups excluding carboxylic acids is 3. The Hall–Kier alpha value is -2.44. The highest BCUT2D eigenvalue weighted by Crippen LogP contribution is 2.61. The number of carbonyl (C=O) groups is 3. The minimum atomic E-state index is -5.57. The molecule has 0 saturated carbocycles. The first-order valence-electron chi connectivity index (χ1n) is 20.1. The van der Waals surface area contributed by atoms with Crippen molar-refractivity contribution in [2.24, 2.45) is 5.41 Å². The fourth-order valence-corrected chi connectivity index (χ4v) is 9.67. The summed E-state index contributed by atoms with van der Waals surface area (Å²) in [5.74, 6) is -1.02. The van der Waals surface area contributed by atoms with E-state index in [4.69, 9.17) is 19.5 Å². The van der Waals surface area contributed by atoms with E-state index in [0.717, 1.165) is 48.2 Å². The van der Waals surface area contributed by atoms with E-state index in [1.165, 1.54) is 58.8 Å². The third-order valence-corrected chi connectivity index (χ3v) is 13.5. The molecule has 62 heavy (non-hydrogen) atoms. The molecule has 354 valence electrons. The SMILES string of the molecule is CCCCCCCCCCCCC(=O)SCCNC(=O)CCNC(=O)[C@H](O)C(C)(C)COP(=O)(O)OP(=O)(O)OC[C@H]1O[C@@H](n2cnc3c(N)ncnc32)C(O)[C@H]1OP(=O)(O)O. The fraction of sp³-hybridized carbons (Fsp3) is 0.765. The highest BCUT2D eigenvalue weighted by molar-refractivity contribution is 8.13. The van der Waals surface area contributed by atoms with Gasteiger partial charge in [-0.05, 0) is 6.42 Å². The number of phosphoric ester groups is 3. The topological polar surface area (TPSA) is 364 Å². The van der Waals surface area contributed by atoms with Gasteiger partial charge in [-0.2, -0.15) is 4.31 Å². The molecule has 0 spiro atoms. The minimum absolute atomic E-state index is 0.0334. The number of thioether (sulfide) groups is 1. The first-order valence-corrected chi connectivity index (χ1v) is 25.6. The minimum Gasteiger partial charge on any atom is -0.386 e. The molecule has 0 bridgehead atoms. The second kappa shape index (κ2) is 25.3. The molecule has 28 heteroatoms. The second-order valence-corrected chi connectivity index (χ2v) is 20.6. The molecule has 1 fully saturated rings. The Bertz CT molecular complexity index is 1910. The van der Waals surface area contributed by atoms with Crippen LogP contribution in [0.25, 0.3) is 11.2 Å². The zero-order valence-electron chi connectivity index (χ0n) is 34.9. The number of unbranched alkanes of at least 4 members (excludes halogenated alkanes) is 9. The summed E-state index contributed by atoms with van der Waals surface area (Å²) >= 11 is 1.15. The average molecular weight is 964 g/mol. The number of hydrogen-bond donors (Lipinski definition) is 9. The first-order chi connectivity index (χ1) is 29.1. The molecule has 0 aromatic carbocycles. The number of ether oxygens (including phenoxy) is 1. The third kappa shape index (κ3) is 18.6. The number of rotatable bonds is 30. The highest BCUT2D eigenvalue weighted by atomic mass is 32.2. The van der Waals surface area contributed by atoms with Crippen LogP contribution in [0.5, 0.6) is 0 Å². The molecule has 1 saturated heterocycles. The predicted octanol–water partition coefficient (Wildman–Crippen LogP) is 2.98. The number of fused-ring (bicyclic) bond motifs is 1. The molecule has 1 aliphatic rings.